The maximum absolute atomic E-state index is 12.6. The summed E-state index contributed by atoms with van der Waals surface area (Å²) >= 11 is 0. The molecular weight excluding hydrogens is 316 g/mol. The molecule has 0 saturated heterocycles. The van der Waals surface area contributed by atoms with Gasteiger partial charge in [-0.2, -0.15) is 5.10 Å². The van der Waals surface area contributed by atoms with Crippen LogP contribution in [0.1, 0.15) is 0 Å². The minimum absolute atomic E-state index is 0.107. The minimum Gasteiger partial charge on any atom is -0.438 e. The quantitative estimate of drug-likeness (QED) is 0.575. The van der Waals surface area contributed by atoms with Gasteiger partial charge in [0, 0.05) is 38.2 Å². The van der Waals surface area contributed by atoms with Crippen molar-refractivity contribution in [2.24, 2.45) is 7.05 Å². The fraction of sp³-hybridized carbons (Fsp3) is 0.105. The highest BCUT2D eigenvalue weighted by molar-refractivity contribution is 5.89. The fourth-order valence-electron chi connectivity index (χ4n) is 2.80. The summed E-state index contributed by atoms with van der Waals surface area (Å²) in [7, 11) is 3.69. The Morgan fingerprint density at radius 2 is 1.88 bits per heavy atom. The lowest BCUT2D eigenvalue weighted by Gasteiger charge is -2.18. The van der Waals surface area contributed by atoms with Crippen molar-refractivity contribution >= 4 is 22.5 Å². The number of pyridine rings is 1. The number of rotatable bonds is 3. The Balaban J connectivity index is 1.95. The van der Waals surface area contributed by atoms with Crippen molar-refractivity contribution < 1.29 is 4.42 Å². The van der Waals surface area contributed by atoms with Crippen molar-refractivity contribution in [2.75, 3.05) is 11.9 Å². The van der Waals surface area contributed by atoms with E-state index >= 15 is 0 Å². The lowest BCUT2D eigenvalue weighted by molar-refractivity contribution is 0.602. The molecule has 0 unspecified atom stereocenters. The standard InChI is InChI=1S/C19H16N4O2/c1-22(13-6-4-3-5-7-13)17-12-16(24)14-8-10-20-18(19(14)25-17)15-9-11-21-23(15)2/h3-12H,1-2H3. The third kappa shape index (κ3) is 2.57. The molecule has 6 nitrogen and oxygen atoms in total. The molecule has 1 aromatic carbocycles. The Morgan fingerprint density at radius 3 is 2.60 bits per heavy atom. The molecule has 3 aromatic heterocycles. The number of hydrogen-bond donors (Lipinski definition) is 0. The van der Waals surface area contributed by atoms with E-state index in [0.717, 1.165) is 11.4 Å². The van der Waals surface area contributed by atoms with Crippen molar-refractivity contribution in [1.82, 2.24) is 14.8 Å². The van der Waals surface area contributed by atoms with Crippen LogP contribution >= 0.6 is 0 Å². The molecule has 0 N–H and O–H groups in total. The van der Waals surface area contributed by atoms with Gasteiger partial charge in [0.1, 0.15) is 5.69 Å². The van der Waals surface area contributed by atoms with E-state index in [9.17, 15) is 4.79 Å². The highest BCUT2D eigenvalue weighted by Crippen LogP contribution is 2.29. The second-order valence-corrected chi connectivity index (χ2v) is 5.72. The third-order valence-corrected chi connectivity index (χ3v) is 4.17. The van der Waals surface area contributed by atoms with Crippen LogP contribution in [0.3, 0.4) is 0 Å². The molecule has 0 saturated carbocycles. The molecule has 0 aliphatic rings. The topological polar surface area (TPSA) is 64.2 Å². The van der Waals surface area contributed by atoms with Crippen LogP contribution in [0.25, 0.3) is 22.4 Å². The highest BCUT2D eigenvalue weighted by Gasteiger charge is 2.16. The Hall–Kier alpha value is -3.41. The largest absolute Gasteiger partial charge is 0.438 e. The average Bonchev–Trinajstić information content (AvgIpc) is 3.07. The van der Waals surface area contributed by atoms with E-state index in [0.29, 0.717) is 22.5 Å². The number of fused-ring (bicyclic) bond motifs is 1. The first-order valence-electron chi connectivity index (χ1n) is 7.85. The van der Waals surface area contributed by atoms with Gasteiger partial charge in [-0.05, 0) is 24.3 Å². The summed E-state index contributed by atoms with van der Waals surface area (Å²) < 4.78 is 7.79. The van der Waals surface area contributed by atoms with Crippen molar-refractivity contribution in [3.8, 4) is 11.4 Å². The molecule has 3 heterocycles. The number of anilines is 2. The van der Waals surface area contributed by atoms with Gasteiger partial charge in [-0.15, -0.1) is 0 Å². The third-order valence-electron chi connectivity index (χ3n) is 4.17. The molecule has 0 aliphatic carbocycles. The van der Waals surface area contributed by atoms with Crippen molar-refractivity contribution in [3.63, 3.8) is 0 Å². The molecule has 4 rings (SSSR count). The molecule has 25 heavy (non-hydrogen) atoms. The second kappa shape index (κ2) is 5.90. The van der Waals surface area contributed by atoms with Crippen LogP contribution in [-0.4, -0.2) is 21.8 Å². The summed E-state index contributed by atoms with van der Waals surface area (Å²) in [6, 6.07) is 14.7. The predicted octanol–water partition coefficient (Wildman–Crippen LogP) is 3.36. The summed E-state index contributed by atoms with van der Waals surface area (Å²) in [4.78, 5) is 18.9. The zero-order chi connectivity index (χ0) is 17.4. The lowest BCUT2D eigenvalue weighted by Crippen LogP contribution is -2.13. The molecule has 124 valence electrons. The summed E-state index contributed by atoms with van der Waals surface area (Å²) in [6.45, 7) is 0. The summed E-state index contributed by atoms with van der Waals surface area (Å²) in [5, 5.41) is 4.67. The molecule has 0 amide bonds. The number of nitrogens with zero attached hydrogens (tertiary/aromatic N) is 4. The van der Waals surface area contributed by atoms with Crippen LogP contribution in [-0.2, 0) is 7.05 Å². The van der Waals surface area contributed by atoms with Gasteiger partial charge in [-0.3, -0.25) is 14.5 Å². The van der Waals surface area contributed by atoms with E-state index in [4.69, 9.17) is 4.42 Å². The van der Waals surface area contributed by atoms with Gasteiger partial charge in [0.05, 0.1) is 11.1 Å². The zero-order valence-corrected chi connectivity index (χ0v) is 13.9. The number of hydrogen-bond acceptors (Lipinski definition) is 5. The van der Waals surface area contributed by atoms with E-state index < -0.39 is 0 Å². The fourth-order valence-corrected chi connectivity index (χ4v) is 2.80. The molecule has 4 aromatic rings. The first-order chi connectivity index (χ1) is 12.1. The Morgan fingerprint density at radius 1 is 1.08 bits per heavy atom. The van der Waals surface area contributed by atoms with Gasteiger partial charge in [-0.1, -0.05) is 18.2 Å². The Kier molecular flexibility index (Phi) is 3.57. The first kappa shape index (κ1) is 15.1. The molecular formula is C19H16N4O2. The number of aromatic nitrogens is 3. The molecule has 0 fully saturated rings. The van der Waals surface area contributed by atoms with Gasteiger partial charge in [0.2, 0.25) is 5.88 Å². The van der Waals surface area contributed by atoms with Crippen molar-refractivity contribution in [1.29, 1.82) is 0 Å². The molecule has 0 spiro atoms. The number of aryl methyl sites for hydroxylation is 1. The van der Waals surface area contributed by atoms with E-state index in [1.165, 1.54) is 6.07 Å². The normalized spacial score (nSPS) is 11.0. The molecule has 6 heteroatoms. The number of para-hydroxylation sites is 1. The van der Waals surface area contributed by atoms with Crippen LogP contribution in [0.5, 0.6) is 0 Å². The minimum atomic E-state index is -0.107. The van der Waals surface area contributed by atoms with Gasteiger partial charge in [0.15, 0.2) is 11.0 Å². The van der Waals surface area contributed by atoms with E-state index in [1.807, 2.05) is 55.4 Å². The molecule has 0 atom stereocenters. The Bertz CT molecular complexity index is 1100. The van der Waals surface area contributed by atoms with Crippen LogP contribution in [0, 0.1) is 0 Å². The maximum Gasteiger partial charge on any atom is 0.204 e. The summed E-state index contributed by atoms with van der Waals surface area (Å²) in [5.41, 5.74) is 2.66. The van der Waals surface area contributed by atoms with Crippen molar-refractivity contribution in [2.45, 2.75) is 0 Å². The molecule has 0 bridgehead atoms. The van der Waals surface area contributed by atoms with E-state index in [-0.39, 0.29) is 5.43 Å². The van der Waals surface area contributed by atoms with Gasteiger partial charge in [-0.25, -0.2) is 0 Å². The summed E-state index contributed by atoms with van der Waals surface area (Å²) in [6.07, 6.45) is 3.30. The van der Waals surface area contributed by atoms with Crippen LogP contribution in [0.2, 0.25) is 0 Å². The van der Waals surface area contributed by atoms with E-state index in [1.54, 1.807) is 23.1 Å². The van der Waals surface area contributed by atoms with Crippen LogP contribution in [0.4, 0.5) is 11.6 Å². The first-order valence-corrected chi connectivity index (χ1v) is 7.85. The van der Waals surface area contributed by atoms with Crippen LogP contribution in [0.15, 0.2) is 70.1 Å². The van der Waals surface area contributed by atoms with Crippen LogP contribution < -0.4 is 10.3 Å². The smallest absolute Gasteiger partial charge is 0.204 e. The van der Waals surface area contributed by atoms with Gasteiger partial charge < -0.3 is 9.32 Å². The lowest BCUT2D eigenvalue weighted by atomic mass is 10.2. The SMILES string of the molecule is CN(c1ccccc1)c1cc(=O)c2ccnc(-c3ccnn3C)c2o1. The van der Waals surface area contributed by atoms with Gasteiger partial charge >= 0.3 is 0 Å². The molecule has 0 radical (unpaired) electrons. The van der Waals surface area contributed by atoms with Gasteiger partial charge in [0.25, 0.3) is 0 Å². The molecule has 0 aliphatic heterocycles. The average molecular weight is 332 g/mol. The Labute approximate surface area is 144 Å². The van der Waals surface area contributed by atoms with Crippen molar-refractivity contribution in [3.05, 3.63) is 71.1 Å². The second-order valence-electron chi connectivity index (χ2n) is 5.72. The van der Waals surface area contributed by atoms with E-state index in [2.05, 4.69) is 10.1 Å². The predicted molar refractivity (Wildman–Crippen MR) is 97.0 cm³/mol. The maximum atomic E-state index is 12.6. The number of benzene rings is 1. The summed E-state index contributed by atoms with van der Waals surface area (Å²) in [5.74, 6) is 0.458. The highest BCUT2D eigenvalue weighted by atomic mass is 16.4. The zero-order valence-electron chi connectivity index (χ0n) is 13.9. The monoisotopic (exact) mass is 332 g/mol.